The van der Waals surface area contributed by atoms with Gasteiger partial charge in [-0.3, -0.25) is 4.72 Å². The molecule has 0 unspecified atom stereocenters. The lowest BCUT2D eigenvalue weighted by molar-refractivity contribution is 0.385. The first-order valence-electron chi connectivity index (χ1n) is 7.32. The van der Waals surface area contributed by atoms with Gasteiger partial charge in [-0.1, -0.05) is 0 Å². The molecular weight excluding hydrogens is 321 g/mol. The average Bonchev–Trinajstić information content (AvgIpc) is 3.27. The highest BCUT2D eigenvalue weighted by molar-refractivity contribution is 7.92. The van der Waals surface area contributed by atoms with Crippen LogP contribution in [0.2, 0.25) is 0 Å². The van der Waals surface area contributed by atoms with E-state index in [-0.39, 0.29) is 16.7 Å². The summed E-state index contributed by atoms with van der Waals surface area (Å²) in [5, 5.41) is 4.21. The highest BCUT2D eigenvalue weighted by Crippen LogP contribution is 2.40. The van der Waals surface area contributed by atoms with Crippen LogP contribution in [0.4, 0.5) is 10.2 Å². The molecule has 124 valence electrons. The number of hydrogen-bond acceptors (Lipinski definition) is 4. The fourth-order valence-corrected chi connectivity index (χ4v) is 3.57. The number of halogens is 1. The van der Waals surface area contributed by atoms with Crippen molar-refractivity contribution in [2.45, 2.75) is 30.7 Å². The van der Waals surface area contributed by atoms with Gasteiger partial charge in [0.05, 0.1) is 24.2 Å². The lowest BCUT2D eigenvalue weighted by Gasteiger charge is -2.16. The molecule has 0 spiro atoms. The van der Waals surface area contributed by atoms with Gasteiger partial charge in [0.15, 0.2) is 11.6 Å². The molecule has 1 aliphatic carbocycles. The third-order valence-corrected chi connectivity index (χ3v) is 5.38. The summed E-state index contributed by atoms with van der Waals surface area (Å²) in [4.78, 5) is -0.0671. The van der Waals surface area contributed by atoms with Gasteiger partial charge in [-0.15, -0.1) is 0 Å². The molecule has 0 amide bonds. The van der Waals surface area contributed by atoms with Crippen LogP contribution in [0.25, 0.3) is 0 Å². The number of methoxy groups -OCH3 is 1. The molecule has 1 saturated carbocycles. The Morgan fingerprint density at radius 2 is 2.13 bits per heavy atom. The number of benzene rings is 1. The molecule has 1 N–H and O–H groups in total. The lowest BCUT2D eigenvalue weighted by atomic mass is 10.2. The molecule has 23 heavy (non-hydrogen) atoms. The third-order valence-electron chi connectivity index (χ3n) is 4.03. The van der Waals surface area contributed by atoms with Crippen molar-refractivity contribution in [3.05, 3.63) is 36.3 Å². The molecule has 3 rings (SSSR count). The number of ether oxygens (including phenoxy) is 1. The van der Waals surface area contributed by atoms with E-state index in [1.807, 2.05) is 6.92 Å². The number of nitrogens with one attached hydrogen (secondary N) is 1. The number of nitrogens with zero attached hydrogens (tertiary/aromatic N) is 2. The van der Waals surface area contributed by atoms with Crippen molar-refractivity contribution in [2.24, 2.45) is 5.92 Å². The van der Waals surface area contributed by atoms with Crippen LogP contribution in [0.3, 0.4) is 0 Å². The van der Waals surface area contributed by atoms with E-state index in [2.05, 4.69) is 9.82 Å². The molecular formula is C15H18FN3O3S. The number of rotatable bonds is 6. The van der Waals surface area contributed by atoms with E-state index in [4.69, 9.17) is 4.74 Å². The maximum absolute atomic E-state index is 13.4. The first-order chi connectivity index (χ1) is 10.9. The quantitative estimate of drug-likeness (QED) is 0.878. The van der Waals surface area contributed by atoms with Gasteiger partial charge in [-0.05, 0) is 37.8 Å². The zero-order valence-electron chi connectivity index (χ0n) is 12.9. The summed E-state index contributed by atoms with van der Waals surface area (Å²) in [6.07, 6.45) is 3.81. The molecule has 1 aliphatic rings. The number of sulfonamides is 1. The molecule has 1 aromatic carbocycles. The Morgan fingerprint density at radius 1 is 1.39 bits per heavy atom. The SMILES string of the molecule is COc1cc(S(=O)(=O)Nc2ccnn2[C@H](C)C2CC2)ccc1F. The highest BCUT2D eigenvalue weighted by atomic mass is 32.2. The van der Waals surface area contributed by atoms with Crippen molar-refractivity contribution in [1.82, 2.24) is 9.78 Å². The van der Waals surface area contributed by atoms with E-state index in [1.54, 1.807) is 16.9 Å². The van der Waals surface area contributed by atoms with Crippen molar-refractivity contribution < 1.29 is 17.5 Å². The predicted octanol–water partition coefficient (Wildman–Crippen LogP) is 2.80. The molecule has 1 atom stereocenters. The summed E-state index contributed by atoms with van der Waals surface area (Å²) in [6, 6.07) is 5.16. The van der Waals surface area contributed by atoms with Crippen LogP contribution in [0, 0.1) is 11.7 Å². The first-order valence-corrected chi connectivity index (χ1v) is 8.80. The Hall–Kier alpha value is -2.09. The van der Waals surface area contributed by atoms with Crippen LogP contribution in [0.15, 0.2) is 35.4 Å². The zero-order chi connectivity index (χ0) is 16.6. The predicted molar refractivity (Wildman–Crippen MR) is 83.4 cm³/mol. The molecule has 0 radical (unpaired) electrons. The third kappa shape index (κ3) is 3.17. The largest absolute Gasteiger partial charge is 0.494 e. The molecule has 1 heterocycles. The molecule has 0 bridgehead atoms. The first kappa shape index (κ1) is 15.8. The Balaban J connectivity index is 1.88. The zero-order valence-corrected chi connectivity index (χ0v) is 13.7. The van der Waals surface area contributed by atoms with E-state index in [0.29, 0.717) is 11.7 Å². The van der Waals surface area contributed by atoms with Gasteiger partial charge >= 0.3 is 0 Å². The Morgan fingerprint density at radius 3 is 2.78 bits per heavy atom. The summed E-state index contributed by atoms with van der Waals surface area (Å²) >= 11 is 0. The molecule has 0 saturated heterocycles. The summed E-state index contributed by atoms with van der Waals surface area (Å²) in [7, 11) is -2.57. The summed E-state index contributed by atoms with van der Waals surface area (Å²) in [5.74, 6) is 0.198. The second-order valence-electron chi connectivity index (χ2n) is 5.64. The summed E-state index contributed by atoms with van der Waals surface area (Å²) < 4.78 is 47.5. The second kappa shape index (κ2) is 5.84. The minimum atomic E-state index is -3.85. The summed E-state index contributed by atoms with van der Waals surface area (Å²) in [5.41, 5.74) is 0. The maximum Gasteiger partial charge on any atom is 0.263 e. The van der Waals surface area contributed by atoms with Gasteiger partial charge < -0.3 is 4.74 Å². The van der Waals surface area contributed by atoms with Crippen LogP contribution in [0.1, 0.15) is 25.8 Å². The molecule has 8 heteroatoms. The van der Waals surface area contributed by atoms with Gasteiger partial charge in [0.1, 0.15) is 5.82 Å². The number of aromatic nitrogens is 2. The normalized spacial score (nSPS) is 16.1. The highest BCUT2D eigenvalue weighted by Gasteiger charge is 2.31. The van der Waals surface area contributed by atoms with Gasteiger partial charge in [-0.25, -0.2) is 17.5 Å². The maximum atomic E-state index is 13.4. The standard InChI is InChI=1S/C15H18FN3O3S/c1-10(11-3-4-11)19-15(7-8-17-19)18-23(20,21)12-5-6-13(16)14(9-12)22-2/h5-11,18H,3-4H2,1-2H3/t10-/m1/s1. The van der Waals surface area contributed by atoms with Crippen LogP contribution >= 0.6 is 0 Å². The lowest BCUT2D eigenvalue weighted by Crippen LogP contribution is -2.19. The molecule has 0 aliphatic heterocycles. The van der Waals surface area contributed by atoms with Crippen molar-refractivity contribution in [3.8, 4) is 5.75 Å². The Bertz CT molecular complexity index is 815. The molecule has 6 nitrogen and oxygen atoms in total. The van der Waals surface area contributed by atoms with Crippen molar-refractivity contribution in [2.75, 3.05) is 11.8 Å². The monoisotopic (exact) mass is 339 g/mol. The van der Waals surface area contributed by atoms with Gasteiger partial charge in [0, 0.05) is 12.1 Å². The van der Waals surface area contributed by atoms with Crippen LogP contribution in [0.5, 0.6) is 5.75 Å². The fourth-order valence-electron chi connectivity index (χ4n) is 2.50. The van der Waals surface area contributed by atoms with Crippen molar-refractivity contribution in [3.63, 3.8) is 0 Å². The fraction of sp³-hybridized carbons (Fsp3) is 0.400. The summed E-state index contributed by atoms with van der Waals surface area (Å²) in [6.45, 7) is 2.02. The van der Waals surface area contributed by atoms with Gasteiger partial charge in [0.25, 0.3) is 10.0 Å². The molecule has 1 fully saturated rings. The van der Waals surface area contributed by atoms with Gasteiger partial charge in [0.2, 0.25) is 0 Å². The van der Waals surface area contributed by atoms with E-state index in [9.17, 15) is 12.8 Å². The number of anilines is 1. The van der Waals surface area contributed by atoms with E-state index >= 15 is 0 Å². The van der Waals surface area contributed by atoms with E-state index in [0.717, 1.165) is 25.0 Å². The topological polar surface area (TPSA) is 73.2 Å². The van der Waals surface area contributed by atoms with Crippen LogP contribution < -0.4 is 9.46 Å². The second-order valence-corrected chi connectivity index (χ2v) is 7.32. The minimum Gasteiger partial charge on any atom is -0.494 e. The average molecular weight is 339 g/mol. The van der Waals surface area contributed by atoms with E-state index < -0.39 is 15.8 Å². The van der Waals surface area contributed by atoms with Crippen LogP contribution in [-0.4, -0.2) is 25.3 Å². The van der Waals surface area contributed by atoms with E-state index in [1.165, 1.54) is 13.2 Å². The smallest absolute Gasteiger partial charge is 0.263 e. The molecule has 2 aromatic rings. The van der Waals surface area contributed by atoms with Crippen molar-refractivity contribution >= 4 is 15.8 Å². The minimum absolute atomic E-state index is 0.0671. The van der Waals surface area contributed by atoms with Gasteiger partial charge in [-0.2, -0.15) is 5.10 Å². The van der Waals surface area contributed by atoms with Crippen molar-refractivity contribution in [1.29, 1.82) is 0 Å². The van der Waals surface area contributed by atoms with Crippen LogP contribution in [-0.2, 0) is 10.0 Å². The number of hydrogen-bond donors (Lipinski definition) is 1. The molecule has 1 aromatic heterocycles. The Kier molecular flexibility index (Phi) is 4.01. The Labute approximate surface area is 134 Å².